The maximum absolute atomic E-state index is 15.7. The van der Waals surface area contributed by atoms with Crippen molar-refractivity contribution >= 4 is 16.9 Å². The Balaban J connectivity index is 1.42. The number of hydrogen-bond donors (Lipinski definition) is 2. The van der Waals surface area contributed by atoms with Crippen LogP contribution < -0.4 is 0 Å². The molecule has 1 aliphatic heterocycles. The molecular formula is C27H27F3N2O2. The summed E-state index contributed by atoms with van der Waals surface area (Å²) in [6, 6.07) is 7.39. The lowest BCUT2D eigenvalue weighted by Crippen LogP contribution is -2.69. The van der Waals surface area contributed by atoms with E-state index >= 15 is 8.78 Å². The molecule has 1 aromatic carbocycles. The van der Waals surface area contributed by atoms with Gasteiger partial charge >= 0.3 is 5.97 Å². The monoisotopic (exact) mass is 468 g/mol. The summed E-state index contributed by atoms with van der Waals surface area (Å²) in [7, 11) is 0. The number of nitrogens with one attached hydrogen (secondary N) is 1. The molecule has 34 heavy (non-hydrogen) atoms. The molecule has 4 atom stereocenters. The van der Waals surface area contributed by atoms with Gasteiger partial charge in [0.2, 0.25) is 0 Å². The highest BCUT2D eigenvalue weighted by atomic mass is 19.1. The Hall–Kier alpha value is -2.80. The number of para-hydroxylation sites is 1. The quantitative estimate of drug-likeness (QED) is 0.551. The number of halogens is 3. The average Bonchev–Trinajstić information content (AvgIpc) is 3.09. The summed E-state index contributed by atoms with van der Waals surface area (Å²) in [6.45, 7) is 2.70. The molecule has 2 bridgehead atoms. The molecule has 2 unspecified atom stereocenters. The van der Waals surface area contributed by atoms with Crippen LogP contribution in [0.1, 0.15) is 43.5 Å². The molecule has 3 fully saturated rings. The number of carboxylic acid groups (broad SMARTS) is 1. The zero-order chi connectivity index (χ0) is 23.8. The van der Waals surface area contributed by atoms with Crippen LogP contribution in [0.15, 0.2) is 60.0 Å². The van der Waals surface area contributed by atoms with Crippen LogP contribution in [-0.2, 0) is 11.2 Å². The van der Waals surface area contributed by atoms with Gasteiger partial charge in [-0.3, -0.25) is 4.90 Å². The van der Waals surface area contributed by atoms with Gasteiger partial charge in [-0.05, 0) is 73.5 Å². The third kappa shape index (κ3) is 3.28. The Morgan fingerprint density at radius 1 is 1.29 bits per heavy atom. The summed E-state index contributed by atoms with van der Waals surface area (Å²) in [6.07, 6.45) is 5.33. The normalized spacial score (nSPS) is 37.1. The second kappa shape index (κ2) is 7.35. The number of aromatic nitrogens is 1. The Morgan fingerprint density at radius 2 is 2.03 bits per heavy atom. The lowest BCUT2D eigenvalue weighted by atomic mass is 9.42. The first-order valence-electron chi connectivity index (χ1n) is 11.9. The van der Waals surface area contributed by atoms with Crippen LogP contribution in [0, 0.1) is 11.3 Å². The molecule has 3 saturated carbocycles. The van der Waals surface area contributed by atoms with Gasteiger partial charge in [-0.2, -0.15) is 0 Å². The first-order chi connectivity index (χ1) is 16.2. The van der Waals surface area contributed by atoms with E-state index in [-0.39, 0.29) is 17.0 Å². The molecule has 7 heteroatoms. The van der Waals surface area contributed by atoms with Crippen molar-refractivity contribution in [1.82, 2.24) is 9.88 Å². The number of alkyl halides is 2. The standard InChI is InChI=1S/C27H27F3N2O2/c1-15-8-18-17-4-2-3-5-21(17)31-24(18)25(32(15)14-26-11-27(30,12-26)13-26)23-19(28)9-16(10-20(23)29)6-7-22(33)34/h2-7,9-10,15,19,23,25,31H,8,11-14H2,1H3,(H,33,34)/b7-6+/t15-,19?,23?,25-,26?,27?/m1/s1. The molecule has 0 radical (unpaired) electrons. The number of fused-ring (bicyclic) bond motifs is 3. The fourth-order valence-corrected chi connectivity index (χ4v) is 6.94. The SMILES string of the molecule is C[C@@H]1Cc2c([nH]c3ccccc23)[C@@H](C2C(F)=CC(/C=C/C(=O)O)=CC2F)N1CC12CC(F)(C1)C2. The molecule has 178 valence electrons. The molecule has 4 aliphatic carbocycles. The molecule has 2 N–H and O–H groups in total. The number of carboxylic acids is 1. The van der Waals surface area contributed by atoms with Gasteiger partial charge in [0.25, 0.3) is 0 Å². The first-order valence-corrected chi connectivity index (χ1v) is 11.9. The summed E-state index contributed by atoms with van der Waals surface area (Å²) < 4.78 is 45.6. The number of carbonyl (C=O) groups is 1. The van der Waals surface area contributed by atoms with E-state index < -0.39 is 35.6 Å². The maximum Gasteiger partial charge on any atom is 0.328 e. The summed E-state index contributed by atoms with van der Waals surface area (Å²) >= 11 is 0. The van der Waals surface area contributed by atoms with E-state index in [2.05, 4.69) is 16.8 Å². The second-order valence-electron chi connectivity index (χ2n) is 10.8. The molecule has 1 aromatic heterocycles. The summed E-state index contributed by atoms with van der Waals surface area (Å²) in [5.41, 5.74) is 1.93. The van der Waals surface area contributed by atoms with Gasteiger partial charge in [0, 0.05) is 35.3 Å². The minimum atomic E-state index is -1.63. The van der Waals surface area contributed by atoms with Crippen LogP contribution in [0.2, 0.25) is 0 Å². The van der Waals surface area contributed by atoms with E-state index in [0.29, 0.717) is 25.8 Å². The lowest BCUT2D eigenvalue weighted by Gasteiger charge is -2.68. The van der Waals surface area contributed by atoms with Crippen molar-refractivity contribution in [3.05, 3.63) is 71.2 Å². The van der Waals surface area contributed by atoms with Gasteiger partial charge < -0.3 is 10.1 Å². The zero-order valence-electron chi connectivity index (χ0n) is 18.9. The van der Waals surface area contributed by atoms with Gasteiger partial charge in [-0.1, -0.05) is 18.2 Å². The molecule has 7 rings (SSSR count). The molecule has 5 aliphatic rings. The number of H-pyrrole nitrogens is 1. The van der Waals surface area contributed by atoms with Gasteiger partial charge in [0.05, 0.1) is 12.0 Å². The largest absolute Gasteiger partial charge is 0.478 e. The van der Waals surface area contributed by atoms with Crippen molar-refractivity contribution in [2.45, 2.75) is 56.5 Å². The third-order valence-corrected chi connectivity index (χ3v) is 8.24. The van der Waals surface area contributed by atoms with Crippen LogP contribution in [0.5, 0.6) is 0 Å². The van der Waals surface area contributed by atoms with Crippen molar-refractivity contribution < 1.29 is 23.1 Å². The number of aromatic amines is 1. The second-order valence-corrected chi connectivity index (χ2v) is 10.8. The lowest BCUT2D eigenvalue weighted by molar-refractivity contribution is -0.228. The van der Waals surface area contributed by atoms with E-state index in [1.807, 2.05) is 24.3 Å². The van der Waals surface area contributed by atoms with Crippen LogP contribution in [-0.4, -0.2) is 45.4 Å². The smallest absolute Gasteiger partial charge is 0.328 e. The van der Waals surface area contributed by atoms with E-state index in [9.17, 15) is 9.18 Å². The molecular weight excluding hydrogens is 441 g/mol. The molecule has 0 amide bonds. The Kier molecular flexibility index (Phi) is 4.69. The van der Waals surface area contributed by atoms with Gasteiger partial charge in [-0.25, -0.2) is 18.0 Å². The third-order valence-electron chi connectivity index (χ3n) is 8.24. The van der Waals surface area contributed by atoms with E-state index in [1.165, 1.54) is 18.2 Å². The number of benzene rings is 1. The maximum atomic E-state index is 15.7. The molecule has 2 heterocycles. The van der Waals surface area contributed by atoms with Crippen molar-refractivity contribution in [1.29, 1.82) is 0 Å². The minimum absolute atomic E-state index is 0.0403. The van der Waals surface area contributed by atoms with E-state index in [4.69, 9.17) is 5.11 Å². The van der Waals surface area contributed by atoms with Crippen LogP contribution in [0.3, 0.4) is 0 Å². The highest BCUT2D eigenvalue weighted by Crippen LogP contribution is 2.70. The van der Waals surface area contributed by atoms with Crippen molar-refractivity contribution in [2.75, 3.05) is 6.54 Å². The summed E-state index contributed by atoms with van der Waals surface area (Å²) in [5, 5.41) is 9.94. The zero-order valence-corrected chi connectivity index (χ0v) is 18.9. The molecule has 0 saturated heterocycles. The number of rotatable bonds is 5. The van der Waals surface area contributed by atoms with Gasteiger partial charge in [0.15, 0.2) is 0 Å². The Labute approximate surface area is 195 Å². The van der Waals surface area contributed by atoms with Crippen molar-refractivity contribution in [3.8, 4) is 0 Å². The molecule has 0 spiro atoms. The summed E-state index contributed by atoms with van der Waals surface area (Å²) in [5.74, 6) is -2.84. The number of hydrogen-bond acceptors (Lipinski definition) is 2. The molecule has 4 nitrogen and oxygen atoms in total. The average molecular weight is 469 g/mol. The topological polar surface area (TPSA) is 56.3 Å². The van der Waals surface area contributed by atoms with E-state index in [0.717, 1.165) is 34.7 Å². The highest BCUT2D eigenvalue weighted by molar-refractivity contribution is 5.85. The van der Waals surface area contributed by atoms with Crippen molar-refractivity contribution in [2.24, 2.45) is 11.3 Å². The molecule has 2 aromatic rings. The predicted octanol–water partition coefficient (Wildman–Crippen LogP) is 5.74. The Bertz CT molecular complexity index is 1260. The summed E-state index contributed by atoms with van der Waals surface area (Å²) in [4.78, 5) is 16.5. The minimum Gasteiger partial charge on any atom is -0.478 e. The fourth-order valence-electron chi connectivity index (χ4n) is 6.94. The predicted molar refractivity (Wildman–Crippen MR) is 123 cm³/mol. The highest BCUT2D eigenvalue weighted by Gasteiger charge is 2.69. The number of nitrogens with zero attached hydrogens (tertiary/aromatic N) is 1. The number of aliphatic carboxylic acids is 1. The van der Waals surface area contributed by atoms with E-state index in [1.54, 1.807) is 0 Å². The van der Waals surface area contributed by atoms with Crippen LogP contribution in [0.25, 0.3) is 10.9 Å². The fraction of sp³-hybridized carbons (Fsp3) is 0.444. The van der Waals surface area contributed by atoms with Crippen molar-refractivity contribution in [3.63, 3.8) is 0 Å². The van der Waals surface area contributed by atoms with Gasteiger partial charge in [0.1, 0.15) is 17.7 Å². The van der Waals surface area contributed by atoms with Crippen LogP contribution in [0.4, 0.5) is 13.2 Å². The Morgan fingerprint density at radius 3 is 2.71 bits per heavy atom. The van der Waals surface area contributed by atoms with Gasteiger partial charge in [-0.15, -0.1) is 0 Å². The first kappa shape index (κ1) is 21.7. The van der Waals surface area contributed by atoms with Crippen LogP contribution >= 0.6 is 0 Å². The number of allylic oxidation sites excluding steroid dienone is 4.